The van der Waals surface area contributed by atoms with Gasteiger partial charge in [0.25, 0.3) is 0 Å². The quantitative estimate of drug-likeness (QED) is 0.875. The van der Waals surface area contributed by atoms with Crippen LogP contribution in [0.2, 0.25) is 0 Å². The van der Waals surface area contributed by atoms with Gasteiger partial charge in [-0.2, -0.15) is 0 Å². The first kappa shape index (κ1) is 13.9. The Morgan fingerprint density at radius 2 is 1.85 bits per heavy atom. The Morgan fingerprint density at radius 3 is 2.50 bits per heavy atom. The minimum Gasteiger partial charge on any atom is -0.497 e. The molecule has 0 aliphatic carbocycles. The summed E-state index contributed by atoms with van der Waals surface area (Å²) in [5, 5.41) is 5.54. The lowest BCUT2D eigenvalue weighted by molar-refractivity contribution is 0.240. The Bertz CT molecular complexity index is 541. The van der Waals surface area contributed by atoms with Crippen LogP contribution in [-0.4, -0.2) is 18.1 Å². The lowest BCUT2D eigenvalue weighted by Crippen LogP contribution is -2.34. The first-order valence-electron chi connectivity index (χ1n) is 6.32. The van der Waals surface area contributed by atoms with Crippen LogP contribution in [0.1, 0.15) is 11.3 Å². The second-order valence-corrected chi connectivity index (χ2v) is 4.21. The van der Waals surface area contributed by atoms with Crippen LogP contribution in [0.15, 0.2) is 48.7 Å². The Hall–Kier alpha value is -2.56. The molecular formula is C15H17N3O2. The molecule has 2 N–H and O–H groups in total. The van der Waals surface area contributed by atoms with Crippen LogP contribution in [0.3, 0.4) is 0 Å². The Kier molecular flexibility index (Phi) is 4.94. The van der Waals surface area contributed by atoms with Gasteiger partial charge in [0.2, 0.25) is 0 Å². The number of hydrogen-bond donors (Lipinski definition) is 2. The highest BCUT2D eigenvalue weighted by molar-refractivity contribution is 5.73. The maximum atomic E-state index is 11.6. The van der Waals surface area contributed by atoms with Crippen molar-refractivity contribution in [1.29, 1.82) is 0 Å². The van der Waals surface area contributed by atoms with E-state index in [1.54, 1.807) is 13.3 Å². The van der Waals surface area contributed by atoms with E-state index in [1.165, 1.54) is 0 Å². The van der Waals surface area contributed by atoms with E-state index in [9.17, 15) is 4.79 Å². The molecule has 0 aliphatic heterocycles. The normalized spacial score (nSPS) is 9.85. The molecular weight excluding hydrogens is 254 g/mol. The lowest BCUT2D eigenvalue weighted by atomic mass is 10.2. The number of pyridine rings is 1. The molecule has 0 saturated carbocycles. The number of benzene rings is 1. The van der Waals surface area contributed by atoms with Crippen molar-refractivity contribution in [3.05, 3.63) is 59.9 Å². The Morgan fingerprint density at radius 1 is 1.10 bits per heavy atom. The second kappa shape index (κ2) is 7.13. The smallest absolute Gasteiger partial charge is 0.315 e. The van der Waals surface area contributed by atoms with Gasteiger partial charge in [0.05, 0.1) is 19.3 Å². The largest absolute Gasteiger partial charge is 0.497 e. The van der Waals surface area contributed by atoms with Crippen molar-refractivity contribution in [1.82, 2.24) is 15.6 Å². The van der Waals surface area contributed by atoms with Crippen LogP contribution < -0.4 is 15.4 Å². The zero-order valence-corrected chi connectivity index (χ0v) is 11.3. The molecule has 0 spiro atoms. The van der Waals surface area contributed by atoms with Crippen LogP contribution in [0.5, 0.6) is 5.75 Å². The highest BCUT2D eigenvalue weighted by Gasteiger charge is 2.01. The van der Waals surface area contributed by atoms with Crippen molar-refractivity contribution < 1.29 is 9.53 Å². The van der Waals surface area contributed by atoms with E-state index in [1.807, 2.05) is 42.5 Å². The number of amides is 2. The predicted octanol–water partition coefficient (Wildman–Crippen LogP) is 2.09. The van der Waals surface area contributed by atoms with E-state index in [4.69, 9.17) is 4.74 Å². The number of rotatable bonds is 5. The lowest BCUT2D eigenvalue weighted by Gasteiger charge is -2.08. The van der Waals surface area contributed by atoms with Gasteiger partial charge in [-0.25, -0.2) is 4.79 Å². The molecule has 104 valence electrons. The van der Waals surface area contributed by atoms with Gasteiger partial charge in [0.1, 0.15) is 5.75 Å². The zero-order valence-electron chi connectivity index (χ0n) is 11.3. The van der Waals surface area contributed by atoms with Crippen LogP contribution in [-0.2, 0) is 13.1 Å². The van der Waals surface area contributed by atoms with Gasteiger partial charge < -0.3 is 15.4 Å². The first-order valence-corrected chi connectivity index (χ1v) is 6.32. The summed E-state index contributed by atoms with van der Waals surface area (Å²) in [6.07, 6.45) is 1.70. The highest BCUT2D eigenvalue weighted by Crippen LogP contribution is 2.10. The number of nitrogens with one attached hydrogen (secondary N) is 2. The number of urea groups is 1. The minimum absolute atomic E-state index is 0.216. The maximum absolute atomic E-state index is 11.6. The van der Waals surface area contributed by atoms with E-state index in [0.29, 0.717) is 13.1 Å². The molecule has 0 fully saturated rings. The Balaban J connectivity index is 1.74. The molecule has 0 unspecified atom stereocenters. The van der Waals surface area contributed by atoms with Crippen molar-refractivity contribution in [3.63, 3.8) is 0 Å². The molecule has 1 aromatic carbocycles. The molecule has 0 atom stereocenters. The predicted molar refractivity (Wildman–Crippen MR) is 76.3 cm³/mol. The van der Waals surface area contributed by atoms with Crippen LogP contribution >= 0.6 is 0 Å². The summed E-state index contributed by atoms with van der Waals surface area (Å²) in [4.78, 5) is 15.8. The average Bonchev–Trinajstić information content (AvgIpc) is 2.52. The van der Waals surface area contributed by atoms with Crippen LogP contribution in [0.4, 0.5) is 4.79 Å². The van der Waals surface area contributed by atoms with Crippen molar-refractivity contribution in [2.24, 2.45) is 0 Å². The third-order valence-corrected chi connectivity index (χ3v) is 2.77. The maximum Gasteiger partial charge on any atom is 0.315 e. The Labute approximate surface area is 118 Å². The second-order valence-electron chi connectivity index (χ2n) is 4.21. The molecule has 0 bridgehead atoms. The third kappa shape index (κ3) is 4.28. The van der Waals surface area contributed by atoms with Gasteiger partial charge in [-0.1, -0.05) is 18.2 Å². The summed E-state index contributed by atoms with van der Waals surface area (Å²) in [6.45, 7) is 0.882. The zero-order chi connectivity index (χ0) is 14.2. The van der Waals surface area contributed by atoms with Crippen molar-refractivity contribution in [3.8, 4) is 5.75 Å². The molecule has 5 heteroatoms. The third-order valence-electron chi connectivity index (χ3n) is 2.77. The highest BCUT2D eigenvalue weighted by atomic mass is 16.5. The molecule has 0 radical (unpaired) electrons. The fraction of sp³-hybridized carbons (Fsp3) is 0.200. The summed E-state index contributed by atoms with van der Waals surface area (Å²) in [5.41, 5.74) is 1.84. The monoisotopic (exact) mass is 271 g/mol. The minimum atomic E-state index is -0.216. The standard InChI is InChI=1S/C15H17N3O2/c1-20-14-7-5-12(6-8-14)10-17-15(19)18-11-13-4-2-3-9-16-13/h2-9H,10-11H2,1H3,(H2,17,18,19). The number of carbonyl (C=O) groups excluding carboxylic acids is 1. The number of aromatic nitrogens is 1. The van der Waals surface area contributed by atoms with Gasteiger partial charge in [-0.3, -0.25) is 4.98 Å². The average molecular weight is 271 g/mol. The number of ether oxygens (including phenoxy) is 1. The SMILES string of the molecule is COc1ccc(CNC(=O)NCc2ccccn2)cc1. The number of nitrogens with zero attached hydrogens (tertiary/aromatic N) is 1. The summed E-state index contributed by atoms with van der Waals surface area (Å²) in [6, 6.07) is 12.9. The van der Waals surface area contributed by atoms with Crippen molar-refractivity contribution in [2.75, 3.05) is 7.11 Å². The van der Waals surface area contributed by atoms with E-state index in [0.717, 1.165) is 17.0 Å². The van der Waals surface area contributed by atoms with Gasteiger partial charge in [0.15, 0.2) is 0 Å². The van der Waals surface area contributed by atoms with Gasteiger partial charge in [-0.05, 0) is 29.8 Å². The van der Waals surface area contributed by atoms with Gasteiger partial charge in [-0.15, -0.1) is 0 Å². The molecule has 2 rings (SSSR count). The summed E-state index contributed by atoms with van der Waals surface area (Å²) < 4.78 is 5.08. The molecule has 2 aromatic rings. The van der Waals surface area contributed by atoms with E-state index < -0.39 is 0 Å². The fourth-order valence-corrected chi connectivity index (χ4v) is 1.66. The summed E-state index contributed by atoms with van der Waals surface area (Å²) >= 11 is 0. The fourth-order valence-electron chi connectivity index (χ4n) is 1.66. The van der Waals surface area contributed by atoms with Crippen molar-refractivity contribution >= 4 is 6.03 Å². The number of carbonyl (C=O) groups is 1. The van der Waals surface area contributed by atoms with Crippen molar-refractivity contribution in [2.45, 2.75) is 13.1 Å². The number of methoxy groups -OCH3 is 1. The van der Waals surface area contributed by atoms with Gasteiger partial charge in [0, 0.05) is 12.7 Å². The molecule has 0 saturated heterocycles. The first-order chi connectivity index (χ1) is 9.78. The van der Waals surface area contributed by atoms with E-state index >= 15 is 0 Å². The molecule has 1 aromatic heterocycles. The topological polar surface area (TPSA) is 63.2 Å². The molecule has 5 nitrogen and oxygen atoms in total. The summed E-state index contributed by atoms with van der Waals surface area (Å²) in [7, 11) is 1.62. The molecule has 20 heavy (non-hydrogen) atoms. The van der Waals surface area contributed by atoms with Crippen LogP contribution in [0, 0.1) is 0 Å². The summed E-state index contributed by atoms with van der Waals surface area (Å²) in [5.74, 6) is 0.799. The van der Waals surface area contributed by atoms with Gasteiger partial charge >= 0.3 is 6.03 Å². The van der Waals surface area contributed by atoms with E-state index in [-0.39, 0.29) is 6.03 Å². The molecule has 1 heterocycles. The number of hydrogen-bond acceptors (Lipinski definition) is 3. The van der Waals surface area contributed by atoms with Crippen LogP contribution in [0.25, 0.3) is 0 Å². The molecule has 2 amide bonds. The van der Waals surface area contributed by atoms with E-state index in [2.05, 4.69) is 15.6 Å². The molecule has 0 aliphatic rings.